The summed E-state index contributed by atoms with van der Waals surface area (Å²) in [5.74, 6) is -0.555. The highest BCUT2D eigenvalue weighted by molar-refractivity contribution is 7.20. The molecule has 8 heteroatoms. The van der Waals surface area contributed by atoms with Gasteiger partial charge in [0.25, 0.3) is 5.56 Å². The van der Waals surface area contributed by atoms with Crippen molar-refractivity contribution in [3.8, 4) is 0 Å². The molecular formula is C12H14N4O3S. The first-order valence-electron chi connectivity index (χ1n) is 6.52. The van der Waals surface area contributed by atoms with E-state index in [1.54, 1.807) is 6.92 Å². The standard InChI is InChI=1S/C12H14N4O3S/c1-2-19-10(18)8-7-9(17)13-11-16(8)14-12(20-11)15-5-3-4-6-15/h7H,2-6H2,1H3. The Labute approximate surface area is 118 Å². The number of nitrogens with zero attached hydrogens (tertiary/aromatic N) is 4. The van der Waals surface area contributed by atoms with Gasteiger partial charge in [0, 0.05) is 19.2 Å². The van der Waals surface area contributed by atoms with E-state index in [4.69, 9.17) is 4.74 Å². The van der Waals surface area contributed by atoms with Gasteiger partial charge in [-0.05, 0) is 19.8 Å². The molecule has 106 valence electrons. The van der Waals surface area contributed by atoms with Crippen LogP contribution in [0, 0.1) is 0 Å². The molecule has 7 nitrogen and oxygen atoms in total. The number of esters is 1. The lowest BCUT2D eigenvalue weighted by molar-refractivity contribution is 0.0516. The maximum atomic E-state index is 11.9. The van der Waals surface area contributed by atoms with Crippen molar-refractivity contribution in [2.45, 2.75) is 19.8 Å². The Morgan fingerprint density at radius 3 is 2.90 bits per heavy atom. The third-order valence-corrected chi connectivity index (χ3v) is 4.07. The molecule has 0 aliphatic carbocycles. The smallest absolute Gasteiger partial charge is 0.357 e. The van der Waals surface area contributed by atoms with Crippen molar-refractivity contribution in [2.75, 3.05) is 24.6 Å². The minimum absolute atomic E-state index is 0.128. The molecule has 1 fully saturated rings. The zero-order valence-corrected chi connectivity index (χ0v) is 11.9. The van der Waals surface area contributed by atoms with Gasteiger partial charge in [0.05, 0.1) is 6.61 Å². The number of ether oxygens (including phenoxy) is 1. The maximum absolute atomic E-state index is 11.9. The van der Waals surface area contributed by atoms with Crippen molar-refractivity contribution in [2.24, 2.45) is 0 Å². The van der Waals surface area contributed by atoms with E-state index < -0.39 is 11.5 Å². The lowest BCUT2D eigenvalue weighted by Crippen LogP contribution is -2.19. The normalized spacial score (nSPS) is 14.9. The van der Waals surface area contributed by atoms with E-state index in [9.17, 15) is 9.59 Å². The molecule has 0 spiro atoms. The van der Waals surface area contributed by atoms with E-state index >= 15 is 0 Å². The lowest BCUT2D eigenvalue weighted by atomic mass is 10.4. The Morgan fingerprint density at radius 1 is 1.45 bits per heavy atom. The highest BCUT2D eigenvalue weighted by Gasteiger charge is 2.20. The number of carbonyl (C=O) groups is 1. The summed E-state index contributed by atoms with van der Waals surface area (Å²) in [6.07, 6.45) is 2.26. The second-order valence-corrected chi connectivity index (χ2v) is 5.41. The summed E-state index contributed by atoms with van der Waals surface area (Å²) in [7, 11) is 0. The van der Waals surface area contributed by atoms with Crippen LogP contribution in [0.5, 0.6) is 0 Å². The molecule has 20 heavy (non-hydrogen) atoms. The van der Waals surface area contributed by atoms with Gasteiger partial charge in [-0.3, -0.25) is 4.79 Å². The van der Waals surface area contributed by atoms with Crippen molar-refractivity contribution in [3.63, 3.8) is 0 Å². The van der Waals surface area contributed by atoms with Crippen LogP contribution in [-0.4, -0.2) is 40.3 Å². The van der Waals surface area contributed by atoms with Crippen LogP contribution in [0.1, 0.15) is 30.3 Å². The fourth-order valence-electron chi connectivity index (χ4n) is 2.19. The summed E-state index contributed by atoms with van der Waals surface area (Å²) in [6, 6.07) is 1.17. The summed E-state index contributed by atoms with van der Waals surface area (Å²) in [5, 5.41) is 5.18. The molecule has 3 heterocycles. The van der Waals surface area contributed by atoms with Gasteiger partial charge in [0.15, 0.2) is 5.69 Å². The topological polar surface area (TPSA) is 76.8 Å². The number of hydrogen-bond acceptors (Lipinski definition) is 7. The van der Waals surface area contributed by atoms with Gasteiger partial charge in [0.1, 0.15) is 0 Å². The first kappa shape index (κ1) is 13.0. The van der Waals surface area contributed by atoms with E-state index in [0.717, 1.165) is 31.1 Å². The van der Waals surface area contributed by atoms with Crippen LogP contribution in [0.3, 0.4) is 0 Å². The Kier molecular flexibility index (Phi) is 3.39. The second kappa shape index (κ2) is 5.20. The summed E-state index contributed by atoms with van der Waals surface area (Å²) < 4.78 is 6.35. The van der Waals surface area contributed by atoms with Gasteiger partial charge >= 0.3 is 5.97 Å². The van der Waals surface area contributed by atoms with Crippen molar-refractivity contribution in [1.82, 2.24) is 14.6 Å². The van der Waals surface area contributed by atoms with E-state index in [1.807, 2.05) is 0 Å². The van der Waals surface area contributed by atoms with Crippen LogP contribution in [0.15, 0.2) is 10.9 Å². The molecule has 3 rings (SSSR count). The molecule has 1 aliphatic rings. The van der Waals surface area contributed by atoms with Gasteiger partial charge in [-0.25, -0.2) is 4.79 Å². The first-order chi connectivity index (χ1) is 9.69. The molecule has 0 radical (unpaired) electrons. The van der Waals surface area contributed by atoms with Crippen LogP contribution in [0.25, 0.3) is 4.96 Å². The zero-order chi connectivity index (χ0) is 14.1. The Bertz CT molecular complexity index is 702. The lowest BCUT2D eigenvalue weighted by Gasteiger charge is -2.11. The largest absolute Gasteiger partial charge is 0.461 e. The zero-order valence-electron chi connectivity index (χ0n) is 11.0. The summed E-state index contributed by atoms with van der Waals surface area (Å²) in [4.78, 5) is 29.9. The van der Waals surface area contributed by atoms with Crippen molar-refractivity contribution in [1.29, 1.82) is 0 Å². The van der Waals surface area contributed by atoms with Gasteiger partial charge in [-0.2, -0.15) is 9.50 Å². The maximum Gasteiger partial charge on any atom is 0.357 e. The molecule has 0 saturated carbocycles. The van der Waals surface area contributed by atoms with Crippen molar-refractivity contribution >= 4 is 27.4 Å². The third-order valence-electron chi connectivity index (χ3n) is 3.10. The number of carbonyl (C=O) groups excluding carboxylic acids is 1. The predicted molar refractivity (Wildman–Crippen MR) is 74.5 cm³/mol. The van der Waals surface area contributed by atoms with E-state index in [0.29, 0.717) is 4.96 Å². The minimum Gasteiger partial charge on any atom is -0.461 e. The Hall–Kier alpha value is -1.96. The number of hydrogen-bond donors (Lipinski definition) is 0. The summed E-state index contributed by atoms with van der Waals surface area (Å²) in [5.41, 5.74) is -0.326. The van der Waals surface area contributed by atoms with Crippen molar-refractivity contribution in [3.05, 3.63) is 22.1 Å². The molecule has 2 aromatic heterocycles. The highest BCUT2D eigenvalue weighted by atomic mass is 32.1. The quantitative estimate of drug-likeness (QED) is 0.784. The van der Waals surface area contributed by atoms with Gasteiger partial charge in [-0.15, -0.1) is 5.10 Å². The van der Waals surface area contributed by atoms with E-state index in [-0.39, 0.29) is 12.3 Å². The minimum atomic E-state index is -0.555. The summed E-state index contributed by atoms with van der Waals surface area (Å²) >= 11 is 1.32. The van der Waals surface area contributed by atoms with Crippen LogP contribution in [0.4, 0.5) is 5.13 Å². The fourth-order valence-corrected chi connectivity index (χ4v) is 3.15. The average Bonchev–Trinajstić information content (AvgIpc) is 3.06. The molecule has 0 N–H and O–H groups in total. The van der Waals surface area contributed by atoms with Gasteiger partial charge < -0.3 is 9.64 Å². The molecule has 1 aliphatic heterocycles. The highest BCUT2D eigenvalue weighted by Crippen LogP contribution is 2.25. The molecule has 0 amide bonds. The van der Waals surface area contributed by atoms with Gasteiger partial charge in [-0.1, -0.05) is 11.3 Å². The van der Waals surface area contributed by atoms with Crippen LogP contribution < -0.4 is 10.5 Å². The number of fused-ring (bicyclic) bond motifs is 1. The third kappa shape index (κ3) is 2.26. The number of rotatable bonds is 3. The monoisotopic (exact) mass is 294 g/mol. The number of anilines is 1. The molecular weight excluding hydrogens is 280 g/mol. The molecule has 0 atom stereocenters. The second-order valence-electron chi connectivity index (χ2n) is 4.47. The van der Waals surface area contributed by atoms with Crippen LogP contribution in [0.2, 0.25) is 0 Å². The van der Waals surface area contributed by atoms with Crippen molar-refractivity contribution < 1.29 is 9.53 Å². The SMILES string of the molecule is CCOC(=O)c1cc(=O)nc2sc(N3CCCC3)nn12. The Balaban J connectivity index is 2.09. The Morgan fingerprint density at radius 2 is 2.20 bits per heavy atom. The molecule has 1 saturated heterocycles. The van der Waals surface area contributed by atoms with Gasteiger partial charge in [0.2, 0.25) is 10.1 Å². The summed E-state index contributed by atoms with van der Waals surface area (Å²) in [6.45, 7) is 3.86. The van der Waals surface area contributed by atoms with Crippen LogP contribution >= 0.6 is 11.3 Å². The van der Waals surface area contributed by atoms with E-state index in [2.05, 4.69) is 15.0 Å². The van der Waals surface area contributed by atoms with E-state index in [1.165, 1.54) is 21.9 Å². The molecule has 0 bridgehead atoms. The fraction of sp³-hybridized carbons (Fsp3) is 0.500. The predicted octanol–water partition coefficient (Wildman–Crippen LogP) is 0.928. The number of aromatic nitrogens is 3. The average molecular weight is 294 g/mol. The molecule has 2 aromatic rings. The first-order valence-corrected chi connectivity index (χ1v) is 7.33. The molecule has 0 unspecified atom stereocenters. The van der Waals surface area contributed by atoms with Crippen LogP contribution in [-0.2, 0) is 4.74 Å². The molecule has 0 aromatic carbocycles.